The van der Waals surface area contributed by atoms with Gasteiger partial charge in [0, 0.05) is 0 Å². The van der Waals surface area contributed by atoms with Crippen molar-refractivity contribution < 1.29 is 0 Å². The molecule has 0 spiro atoms. The molecule has 0 aromatic carbocycles. The molecule has 0 atom stereocenters. The van der Waals surface area contributed by atoms with E-state index in [0.29, 0.717) is 12.4 Å². The minimum atomic E-state index is 0.630. The molecule has 4 nitrogen and oxygen atoms in total. The number of nitrogen functional groups attached to an aromatic ring is 1. The Balaban J connectivity index is 2.22. The number of anilines is 1. The van der Waals surface area contributed by atoms with Gasteiger partial charge in [-0.25, -0.2) is 9.67 Å². The highest BCUT2D eigenvalue weighted by Crippen LogP contribution is 2.21. The summed E-state index contributed by atoms with van der Waals surface area (Å²) in [5.74, 6) is 0.634. The van der Waals surface area contributed by atoms with Crippen molar-refractivity contribution in [1.29, 1.82) is 0 Å². The lowest BCUT2D eigenvalue weighted by atomic mass is 10.6. The van der Waals surface area contributed by atoms with Gasteiger partial charge in [-0.15, -0.1) is 11.3 Å². The molecule has 2 heterocycles. The van der Waals surface area contributed by atoms with Crippen LogP contribution in [0.3, 0.4) is 0 Å². The molecule has 0 saturated heterocycles. The van der Waals surface area contributed by atoms with Crippen LogP contribution in [-0.2, 0) is 6.54 Å². The SMILES string of the molecule is Nc1c(Br)cnn1Cc1ncc(I)s1. The third-order valence-corrected chi connectivity index (χ3v) is 3.96. The van der Waals surface area contributed by atoms with E-state index in [-0.39, 0.29) is 0 Å². The van der Waals surface area contributed by atoms with Crippen molar-refractivity contribution in [2.24, 2.45) is 0 Å². The smallest absolute Gasteiger partial charge is 0.136 e. The zero-order valence-corrected chi connectivity index (χ0v) is 11.5. The summed E-state index contributed by atoms with van der Waals surface area (Å²) in [5.41, 5.74) is 5.79. The molecule has 0 amide bonds. The summed E-state index contributed by atoms with van der Waals surface area (Å²) in [6, 6.07) is 0. The Morgan fingerprint density at radius 2 is 2.36 bits per heavy atom. The number of thiazole rings is 1. The van der Waals surface area contributed by atoms with E-state index in [0.717, 1.165) is 9.48 Å². The Labute approximate surface area is 107 Å². The maximum absolute atomic E-state index is 5.79. The van der Waals surface area contributed by atoms with Gasteiger partial charge >= 0.3 is 0 Å². The fourth-order valence-corrected chi connectivity index (χ4v) is 2.81. The number of hydrogen-bond donors (Lipinski definition) is 1. The molecule has 0 aliphatic rings. The predicted octanol–water partition coefficient (Wildman–Crippen LogP) is 2.34. The van der Waals surface area contributed by atoms with Crippen LogP contribution in [0.5, 0.6) is 0 Å². The number of aromatic nitrogens is 3. The fraction of sp³-hybridized carbons (Fsp3) is 0.143. The molecule has 0 aliphatic carbocycles. The van der Waals surface area contributed by atoms with Crippen molar-refractivity contribution in [3.05, 3.63) is 24.8 Å². The minimum absolute atomic E-state index is 0.630. The molecule has 14 heavy (non-hydrogen) atoms. The van der Waals surface area contributed by atoms with Crippen LogP contribution < -0.4 is 5.73 Å². The molecule has 0 fully saturated rings. The van der Waals surface area contributed by atoms with Crippen LogP contribution in [0.15, 0.2) is 16.9 Å². The molecular formula is C7H6BrIN4S. The zero-order chi connectivity index (χ0) is 10.1. The Hall–Kier alpha value is -0.150. The largest absolute Gasteiger partial charge is 0.383 e. The van der Waals surface area contributed by atoms with Crippen molar-refractivity contribution in [3.8, 4) is 0 Å². The average molecular weight is 385 g/mol. The normalized spacial score (nSPS) is 10.7. The highest BCUT2D eigenvalue weighted by atomic mass is 127. The Bertz CT molecular complexity index is 452. The number of halogens is 2. The molecule has 7 heteroatoms. The highest BCUT2D eigenvalue weighted by molar-refractivity contribution is 14.1. The third-order valence-electron chi connectivity index (χ3n) is 1.64. The summed E-state index contributed by atoms with van der Waals surface area (Å²) in [6.07, 6.45) is 3.53. The second-order valence-corrected chi connectivity index (χ2v) is 6.46. The molecular weight excluding hydrogens is 379 g/mol. The van der Waals surface area contributed by atoms with E-state index in [9.17, 15) is 0 Å². The van der Waals surface area contributed by atoms with Gasteiger partial charge in [0.1, 0.15) is 10.8 Å². The number of nitrogens with two attached hydrogens (primary N) is 1. The second-order valence-electron chi connectivity index (χ2n) is 2.59. The van der Waals surface area contributed by atoms with Crippen LogP contribution in [0.25, 0.3) is 0 Å². The predicted molar refractivity (Wildman–Crippen MR) is 68.3 cm³/mol. The summed E-state index contributed by atoms with van der Waals surface area (Å²) in [7, 11) is 0. The molecule has 2 N–H and O–H groups in total. The van der Waals surface area contributed by atoms with E-state index in [1.165, 1.54) is 2.88 Å². The lowest BCUT2D eigenvalue weighted by molar-refractivity contribution is 0.693. The van der Waals surface area contributed by atoms with Crippen LogP contribution in [0.1, 0.15) is 5.01 Å². The van der Waals surface area contributed by atoms with E-state index >= 15 is 0 Å². The van der Waals surface area contributed by atoms with Crippen molar-refractivity contribution in [1.82, 2.24) is 14.8 Å². The number of nitrogens with zero attached hydrogens (tertiary/aromatic N) is 3. The molecule has 0 aliphatic heterocycles. The van der Waals surface area contributed by atoms with Gasteiger partial charge in [-0.2, -0.15) is 5.10 Å². The topological polar surface area (TPSA) is 56.7 Å². The average Bonchev–Trinajstić information content (AvgIpc) is 2.67. The van der Waals surface area contributed by atoms with Gasteiger partial charge in [0.2, 0.25) is 0 Å². The number of rotatable bonds is 2. The minimum Gasteiger partial charge on any atom is -0.383 e. The molecule has 0 bridgehead atoms. The molecule has 2 rings (SSSR count). The fourth-order valence-electron chi connectivity index (χ4n) is 0.987. The molecule has 2 aromatic heterocycles. The van der Waals surface area contributed by atoms with Crippen LogP contribution in [-0.4, -0.2) is 14.8 Å². The van der Waals surface area contributed by atoms with Gasteiger partial charge in [-0.05, 0) is 38.5 Å². The molecule has 0 saturated carbocycles. The lowest BCUT2D eigenvalue weighted by Gasteiger charge is -2.00. The monoisotopic (exact) mass is 384 g/mol. The van der Waals surface area contributed by atoms with E-state index in [2.05, 4.69) is 48.6 Å². The van der Waals surface area contributed by atoms with Gasteiger partial charge in [-0.1, -0.05) is 0 Å². The van der Waals surface area contributed by atoms with Crippen molar-refractivity contribution in [2.75, 3.05) is 5.73 Å². The first-order valence-electron chi connectivity index (χ1n) is 3.74. The Kier molecular flexibility index (Phi) is 3.07. The third kappa shape index (κ3) is 2.09. The summed E-state index contributed by atoms with van der Waals surface area (Å²) in [6.45, 7) is 0.630. The highest BCUT2D eigenvalue weighted by Gasteiger charge is 2.07. The standard InChI is InChI=1S/C7H6BrIN4S/c8-4-1-12-13(7(4)10)3-6-11-2-5(9)14-6/h1-2H,3,10H2. The summed E-state index contributed by atoms with van der Waals surface area (Å²) >= 11 is 7.20. The van der Waals surface area contributed by atoms with Crippen molar-refractivity contribution in [2.45, 2.75) is 6.54 Å². The van der Waals surface area contributed by atoms with Crippen LogP contribution in [0, 0.1) is 2.88 Å². The first-order valence-corrected chi connectivity index (χ1v) is 6.42. The Morgan fingerprint density at radius 1 is 1.57 bits per heavy atom. The first-order chi connectivity index (χ1) is 6.66. The lowest BCUT2D eigenvalue weighted by Crippen LogP contribution is -2.05. The second kappa shape index (κ2) is 4.15. The molecule has 0 radical (unpaired) electrons. The molecule has 0 unspecified atom stereocenters. The van der Waals surface area contributed by atoms with Gasteiger partial charge < -0.3 is 5.73 Å². The maximum Gasteiger partial charge on any atom is 0.136 e. The first kappa shape index (κ1) is 10.4. The maximum atomic E-state index is 5.79. The Morgan fingerprint density at radius 3 is 2.86 bits per heavy atom. The quantitative estimate of drug-likeness (QED) is 0.808. The van der Waals surface area contributed by atoms with E-state index in [1.54, 1.807) is 22.2 Å². The summed E-state index contributed by atoms with van der Waals surface area (Å²) in [5, 5.41) is 5.14. The van der Waals surface area contributed by atoms with Crippen LogP contribution in [0.2, 0.25) is 0 Å². The van der Waals surface area contributed by atoms with Gasteiger partial charge in [0.25, 0.3) is 0 Å². The molecule has 74 valence electrons. The molecule has 2 aromatic rings. The van der Waals surface area contributed by atoms with Crippen LogP contribution in [0.4, 0.5) is 5.82 Å². The summed E-state index contributed by atoms with van der Waals surface area (Å²) < 4.78 is 3.71. The van der Waals surface area contributed by atoms with Crippen molar-refractivity contribution >= 4 is 55.7 Å². The summed E-state index contributed by atoms with van der Waals surface area (Å²) in [4.78, 5) is 4.24. The van der Waals surface area contributed by atoms with Crippen molar-refractivity contribution in [3.63, 3.8) is 0 Å². The van der Waals surface area contributed by atoms with Gasteiger partial charge in [0.05, 0.1) is 26.3 Å². The van der Waals surface area contributed by atoms with E-state index < -0.39 is 0 Å². The van der Waals surface area contributed by atoms with E-state index in [4.69, 9.17) is 5.73 Å². The van der Waals surface area contributed by atoms with Gasteiger partial charge in [-0.3, -0.25) is 0 Å². The van der Waals surface area contributed by atoms with Crippen LogP contribution >= 0.6 is 49.9 Å². The van der Waals surface area contributed by atoms with Gasteiger partial charge in [0.15, 0.2) is 0 Å². The number of hydrogen-bond acceptors (Lipinski definition) is 4. The van der Waals surface area contributed by atoms with E-state index in [1.807, 2.05) is 6.20 Å². The zero-order valence-electron chi connectivity index (χ0n) is 6.94.